The van der Waals surface area contributed by atoms with Gasteiger partial charge in [0.25, 0.3) is 0 Å². The summed E-state index contributed by atoms with van der Waals surface area (Å²) in [5.41, 5.74) is 7.70. The van der Waals surface area contributed by atoms with Gasteiger partial charge in [0.15, 0.2) is 5.83 Å². The maximum Gasteiger partial charge on any atom is 0.340 e. The van der Waals surface area contributed by atoms with Crippen LogP contribution in [0.2, 0.25) is 0 Å². The number of aryl methyl sites for hydroxylation is 2. The van der Waals surface area contributed by atoms with E-state index in [-0.39, 0.29) is 5.57 Å². The van der Waals surface area contributed by atoms with E-state index in [0.717, 1.165) is 22.3 Å². The molecular weight excluding hydrogens is 401 g/mol. The zero-order chi connectivity index (χ0) is 23.4. The third kappa shape index (κ3) is 4.35. The van der Waals surface area contributed by atoms with Crippen LogP contribution in [-0.4, -0.2) is 18.0 Å². The SMILES string of the molecule is C=C/C(=C(/CC)c1ccccc1-c1ccc(C)cc1C)N1C=C(F)C(C(=O)OC)=CC1=C. The zero-order valence-electron chi connectivity index (χ0n) is 19.0. The van der Waals surface area contributed by atoms with Crippen molar-refractivity contribution in [2.24, 2.45) is 0 Å². The van der Waals surface area contributed by atoms with Gasteiger partial charge in [0.05, 0.1) is 12.7 Å². The Morgan fingerprint density at radius 3 is 2.50 bits per heavy atom. The van der Waals surface area contributed by atoms with Gasteiger partial charge in [0.2, 0.25) is 0 Å². The number of nitrogens with zero attached hydrogens (tertiary/aromatic N) is 1. The lowest BCUT2D eigenvalue weighted by molar-refractivity contribution is -0.136. The van der Waals surface area contributed by atoms with E-state index in [1.807, 2.05) is 12.1 Å². The molecule has 0 radical (unpaired) electrons. The Morgan fingerprint density at radius 1 is 1.16 bits per heavy atom. The number of halogens is 1. The molecule has 2 aromatic rings. The fourth-order valence-corrected chi connectivity index (χ4v) is 4.03. The molecule has 0 atom stereocenters. The summed E-state index contributed by atoms with van der Waals surface area (Å²) in [4.78, 5) is 13.5. The van der Waals surface area contributed by atoms with Gasteiger partial charge < -0.3 is 9.64 Å². The van der Waals surface area contributed by atoms with Crippen LogP contribution in [0.15, 0.2) is 96.8 Å². The molecule has 4 heteroatoms. The normalized spacial score (nSPS) is 14.4. The number of hydrogen-bond acceptors (Lipinski definition) is 3. The average Bonchev–Trinajstić information content (AvgIpc) is 2.78. The third-order valence-electron chi connectivity index (χ3n) is 5.57. The predicted molar refractivity (Wildman–Crippen MR) is 129 cm³/mol. The van der Waals surface area contributed by atoms with E-state index in [1.54, 1.807) is 11.0 Å². The highest BCUT2D eigenvalue weighted by Gasteiger charge is 2.25. The molecule has 0 N–H and O–H groups in total. The molecule has 0 aromatic heterocycles. The minimum atomic E-state index is -0.736. The Kier molecular flexibility index (Phi) is 6.94. The lowest BCUT2D eigenvalue weighted by Crippen LogP contribution is -2.21. The van der Waals surface area contributed by atoms with Crippen molar-refractivity contribution < 1.29 is 13.9 Å². The molecule has 1 aliphatic rings. The molecular formula is C28H28FNO2. The van der Waals surface area contributed by atoms with Crippen molar-refractivity contribution in [1.82, 2.24) is 4.90 Å². The summed E-state index contributed by atoms with van der Waals surface area (Å²) in [6.07, 6.45) is 5.05. The number of benzene rings is 2. The summed E-state index contributed by atoms with van der Waals surface area (Å²) in [5, 5.41) is 0. The van der Waals surface area contributed by atoms with Crippen LogP contribution < -0.4 is 0 Å². The van der Waals surface area contributed by atoms with Crippen molar-refractivity contribution in [3.8, 4) is 11.1 Å². The van der Waals surface area contributed by atoms with Gasteiger partial charge in [0, 0.05) is 17.6 Å². The summed E-state index contributed by atoms with van der Waals surface area (Å²) in [6.45, 7) is 14.3. The number of allylic oxidation sites excluding steroid dienone is 3. The summed E-state index contributed by atoms with van der Waals surface area (Å²) >= 11 is 0. The smallest absolute Gasteiger partial charge is 0.340 e. The number of esters is 1. The Labute approximate surface area is 189 Å². The van der Waals surface area contributed by atoms with Gasteiger partial charge >= 0.3 is 5.97 Å². The summed E-state index contributed by atoms with van der Waals surface area (Å²) in [6, 6.07) is 14.6. The summed E-state index contributed by atoms with van der Waals surface area (Å²) in [7, 11) is 1.22. The Balaban J connectivity index is 2.18. The van der Waals surface area contributed by atoms with Crippen LogP contribution in [0.25, 0.3) is 16.7 Å². The molecule has 164 valence electrons. The van der Waals surface area contributed by atoms with Gasteiger partial charge in [0.1, 0.15) is 0 Å². The predicted octanol–water partition coefficient (Wildman–Crippen LogP) is 7.02. The maximum absolute atomic E-state index is 14.8. The van der Waals surface area contributed by atoms with Crippen molar-refractivity contribution in [3.05, 3.63) is 113 Å². The van der Waals surface area contributed by atoms with Gasteiger partial charge in [-0.05, 0) is 60.2 Å². The molecule has 2 aromatic carbocycles. The topological polar surface area (TPSA) is 29.5 Å². The van der Waals surface area contributed by atoms with Gasteiger partial charge in [-0.15, -0.1) is 0 Å². The van der Waals surface area contributed by atoms with Crippen molar-refractivity contribution >= 4 is 11.5 Å². The van der Waals surface area contributed by atoms with Gasteiger partial charge in [-0.3, -0.25) is 0 Å². The highest BCUT2D eigenvalue weighted by molar-refractivity contribution is 5.94. The Hall–Kier alpha value is -3.66. The van der Waals surface area contributed by atoms with Crippen LogP contribution in [0, 0.1) is 13.8 Å². The number of carbonyl (C=O) groups is 1. The van der Waals surface area contributed by atoms with Gasteiger partial charge in [-0.1, -0.05) is 68.1 Å². The van der Waals surface area contributed by atoms with Crippen LogP contribution in [-0.2, 0) is 9.53 Å². The molecule has 0 bridgehead atoms. The van der Waals surface area contributed by atoms with E-state index in [2.05, 4.69) is 69.0 Å². The monoisotopic (exact) mass is 429 g/mol. The van der Waals surface area contributed by atoms with Crippen molar-refractivity contribution in [3.63, 3.8) is 0 Å². The molecule has 3 nitrogen and oxygen atoms in total. The molecule has 32 heavy (non-hydrogen) atoms. The molecule has 0 amide bonds. The molecule has 0 fully saturated rings. The summed E-state index contributed by atoms with van der Waals surface area (Å²) < 4.78 is 19.4. The number of methoxy groups -OCH3 is 1. The van der Waals surface area contributed by atoms with E-state index in [1.165, 1.54) is 30.5 Å². The first-order valence-electron chi connectivity index (χ1n) is 10.5. The molecule has 1 heterocycles. The number of ether oxygens (including phenoxy) is 1. The first-order valence-corrected chi connectivity index (χ1v) is 10.5. The molecule has 0 saturated heterocycles. The molecule has 0 aliphatic carbocycles. The molecule has 0 unspecified atom stereocenters. The number of hydrogen-bond donors (Lipinski definition) is 0. The number of rotatable bonds is 6. The van der Waals surface area contributed by atoms with Crippen LogP contribution in [0.4, 0.5) is 4.39 Å². The highest BCUT2D eigenvalue weighted by atomic mass is 19.1. The quantitative estimate of drug-likeness (QED) is 0.365. The van der Waals surface area contributed by atoms with Crippen LogP contribution in [0.3, 0.4) is 0 Å². The highest BCUT2D eigenvalue weighted by Crippen LogP contribution is 2.37. The van der Waals surface area contributed by atoms with Crippen LogP contribution in [0.1, 0.15) is 30.0 Å². The molecule has 0 spiro atoms. The van der Waals surface area contributed by atoms with Crippen molar-refractivity contribution in [2.45, 2.75) is 27.2 Å². The summed E-state index contributed by atoms with van der Waals surface area (Å²) in [5.74, 6) is -1.42. The second kappa shape index (κ2) is 9.65. The Morgan fingerprint density at radius 2 is 1.88 bits per heavy atom. The van der Waals surface area contributed by atoms with Crippen molar-refractivity contribution in [2.75, 3.05) is 7.11 Å². The van der Waals surface area contributed by atoms with Gasteiger partial charge in [-0.2, -0.15) is 0 Å². The molecule has 1 aliphatic heterocycles. The Bertz CT molecular complexity index is 1180. The maximum atomic E-state index is 14.8. The second-order valence-corrected chi connectivity index (χ2v) is 7.67. The minimum absolute atomic E-state index is 0.147. The fraction of sp³-hybridized carbons (Fsp3) is 0.179. The lowest BCUT2D eigenvalue weighted by Gasteiger charge is -2.29. The largest absolute Gasteiger partial charge is 0.465 e. The number of carbonyl (C=O) groups excluding carboxylic acids is 1. The fourth-order valence-electron chi connectivity index (χ4n) is 4.03. The van der Waals surface area contributed by atoms with Crippen molar-refractivity contribution in [1.29, 1.82) is 0 Å². The first-order chi connectivity index (χ1) is 15.3. The van der Waals surface area contributed by atoms with E-state index in [4.69, 9.17) is 0 Å². The van der Waals surface area contributed by atoms with Crippen LogP contribution in [0.5, 0.6) is 0 Å². The van der Waals surface area contributed by atoms with E-state index < -0.39 is 11.8 Å². The zero-order valence-corrected chi connectivity index (χ0v) is 19.0. The molecule has 0 saturated carbocycles. The average molecular weight is 430 g/mol. The van der Waals surface area contributed by atoms with E-state index in [0.29, 0.717) is 17.8 Å². The third-order valence-corrected chi connectivity index (χ3v) is 5.57. The van der Waals surface area contributed by atoms with E-state index in [9.17, 15) is 9.18 Å². The lowest BCUT2D eigenvalue weighted by atomic mass is 9.89. The van der Waals surface area contributed by atoms with Crippen LogP contribution >= 0.6 is 0 Å². The first kappa shape index (κ1) is 23.0. The van der Waals surface area contributed by atoms with E-state index >= 15 is 0 Å². The minimum Gasteiger partial charge on any atom is -0.465 e. The second-order valence-electron chi connectivity index (χ2n) is 7.67. The molecule has 3 rings (SSSR count). The standard InChI is InChI=1S/C28H28FNO2/c1-7-21(23-11-9-10-12-24(23)22-14-13-18(3)15-19(22)4)27(8-2)30-17-26(29)25(16-20(30)5)28(31)32-6/h8-17H,2,5,7H2,1,3-4,6H3/b27-21+. The van der Waals surface area contributed by atoms with Gasteiger partial charge in [-0.25, -0.2) is 9.18 Å².